The van der Waals surface area contributed by atoms with Crippen molar-refractivity contribution in [2.24, 2.45) is 22.9 Å². The maximum Gasteiger partial charge on any atom is 0.412 e. The highest BCUT2D eigenvalue weighted by atomic mass is 19.1. The maximum absolute atomic E-state index is 15.3. The second kappa shape index (κ2) is 29.2. The molecule has 1 aliphatic heterocycles. The van der Waals surface area contributed by atoms with Crippen LogP contribution in [0, 0.1) is 33.7 Å². The number of hydrogen-bond donors (Lipinski definition) is 3. The number of non-ortho nitro benzene ring substituents is 1. The molecule has 0 bridgehead atoms. The summed E-state index contributed by atoms with van der Waals surface area (Å²) in [6, 6.07) is 26.3. The van der Waals surface area contributed by atoms with Crippen LogP contribution in [0.25, 0.3) is 0 Å². The van der Waals surface area contributed by atoms with Gasteiger partial charge in [-0.2, -0.15) is 0 Å². The number of carbonyl (C=O) groups is 2. The third kappa shape index (κ3) is 15.2. The monoisotopic (exact) mass is 1040 g/mol. The average Bonchev–Trinajstić information content (AvgIpc) is 3.56. The van der Waals surface area contributed by atoms with Gasteiger partial charge in [0.05, 0.1) is 23.2 Å². The van der Waals surface area contributed by atoms with Crippen LogP contribution in [0.2, 0.25) is 0 Å². The molecule has 7 rings (SSSR count). The van der Waals surface area contributed by atoms with Crippen LogP contribution < -0.4 is 14.8 Å². The molecule has 4 aromatic carbocycles. The van der Waals surface area contributed by atoms with Crippen molar-refractivity contribution in [3.63, 3.8) is 0 Å². The van der Waals surface area contributed by atoms with Crippen molar-refractivity contribution in [1.82, 2.24) is 10.2 Å². The summed E-state index contributed by atoms with van der Waals surface area (Å²) in [5.74, 6) is -2.49. The zero-order valence-electron chi connectivity index (χ0n) is 44.1. The van der Waals surface area contributed by atoms with E-state index in [4.69, 9.17) is 24.2 Å². The number of allylic oxidation sites excluding steroid dienone is 1. The molecular weight excluding hydrogens is 968 g/mol. The smallest absolute Gasteiger partial charge is 0.412 e. The van der Waals surface area contributed by atoms with Crippen LogP contribution in [0.1, 0.15) is 144 Å². The lowest BCUT2D eigenvalue weighted by molar-refractivity contribution is -0.384. The van der Waals surface area contributed by atoms with Crippen LogP contribution in [0.5, 0.6) is 11.5 Å². The van der Waals surface area contributed by atoms with Gasteiger partial charge in [0.2, 0.25) is 11.7 Å². The first-order valence-electron chi connectivity index (χ1n) is 27.6. The predicted molar refractivity (Wildman–Crippen MR) is 291 cm³/mol. The van der Waals surface area contributed by atoms with Crippen molar-refractivity contribution in [3.8, 4) is 11.5 Å². The first-order chi connectivity index (χ1) is 37.1. The van der Waals surface area contributed by atoms with Crippen LogP contribution in [-0.4, -0.2) is 69.4 Å². The predicted octanol–water partition coefficient (Wildman–Crippen LogP) is 12.8. The molecule has 76 heavy (non-hydrogen) atoms. The van der Waals surface area contributed by atoms with Gasteiger partial charge in [0.25, 0.3) is 5.69 Å². The Morgan fingerprint density at radius 3 is 2.24 bits per heavy atom. The van der Waals surface area contributed by atoms with Crippen molar-refractivity contribution in [3.05, 3.63) is 160 Å². The van der Waals surface area contributed by atoms with E-state index in [2.05, 4.69) is 24.9 Å². The summed E-state index contributed by atoms with van der Waals surface area (Å²) in [6.45, 7) is 6.76. The number of aliphatic hydroxyl groups is 2. The van der Waals surface area contributed by atoms with E-state index < -0.39 is 40.5 Å². The molecule has 4 aromatic rings. The lowest BCUT2D eigenvalue weighted by atomic mass is 9.55. The molecule has 0 spiro atoms. The number of nitro groups is 1. The number of carbonyl (C=O) groups excluding carboxylic acids is 2. The summed E-state index contributed by atoms with van der Waals surface area (Å²) in [4.78, 5) is 47.9. The lowest BCUT2D eigenvalue weighted by Crippen LogP contribution is -2.70. The Labute approximate surface area is 447 Å². The van der Waals surface area contributed by atoms with E-state index in [-0.39, 0.29) is 75.8 Å². The zero-order chi connectivity index (χ0) is 53.7. The number of nitrogens with zero attached hydrogens (tertiary/aromatic N) is 3. The molecule has 0 aromatic heterocycles. The van der Waals surface area contributed by atoms with Crippen LogP contribution in [0.4, 0.5) is 14.9 Å². The van der Waals surface area contributed by atoms with Gasteiger partial charge in [-0.3, -0.25) is 14.9 Å². The van der Waals surface area contributed by atoms with Crippen molar-refractivity contribution in [2.45, 2.75) is 154 Å². The average molecular weight is 1050 g/mol. The van der Waals surface area contributed by atoms with Crippen molar-refractivity contribution >= 4 is 23.4 Å². The lowest BCUT2D eigenvalue weighted by Gasteiger charge is -2.60. The number of amides is 2. The van der Waals surface area contributed by atoms with Crippen molar-refractivity contribution < 1.29 is 48.2 Å². The minimum atomic E-state index is -1.57. The summed E-state index contributed by atoms with van der Waals surface area (Å²) < 4.78 is 35.2. The molecular formula is C61H77FN4O10. The molecule has 1 fully saturated rings. The number of oxime groups is 1. The van der Waals surface area contributed by atoms with Gasteiger partial charge in [-0.1, -0.05) is 131 Å². The summed E-state index contributed by atoms with van der Waals surface area (Å²) in [6.07, 6.45) is 17.4. The van der Waals surface area contributed by atoms with Crippen molar-refractivity contribution in [1.29, 1.82) is 0 Å². The standard InChI is InChI=1S/C61H77FN4O10/c1-3-5-6-7-8-9-10-11-15-24-57(69)65(42-45-25-29-48(62)30-26-45)56-40-54(64-74-43-46-27-31-49(32-28-46)66(71)72)52-38-47(22-16-18-35-67)51(23-17-19-36-68)58-53-39-50(75-60(70)63-41-44-20-13-12-14-21-44)33-34-55(53)76-61(56,59(52)58)73-37-4-2/h4,12-14,20-21,25-34,38-39,47,51,56,58-59,67-68H,2-3,5-11,15-19,22-24,35-37,40-43H2,1H3,(H,63,70)/t47-,51+,56-,58+,59+,61+/m0/s1. The van der Waals surface area contributed by atoms with Gasteiger partial charge in [0.1, 0.15) is 30.0 Å². The third-order valence-electron chi connectivity index (χ3n) is 15.1. The molecule has 0 radical (unpaired) electrons. The maximum atomic E-state index is 15.3. The second-order valence-electron chi connectivity index (χ2n) is 20.4. The quantitative estimate of drug-likeness (QED) is 0.0190. The van der Waals surface area contributed by atoms with E-state index in [0.717, 1.165) is 48.8 Å². The molecule has 15 heteroatoms. The Balaban J connectivity index is 1.36. The molecule has 14 nitrogen and oxygen atoms in total. The topological polar surface area (TPSA) is 182 Å². The molecule has 408 valence electrons. The van der Waals surface area contributed by atoms with Crippen LogP contribution in [-0.2, 0) is 34.1 Å². The number of ether oxygens (including phenoxy) is 3. The van der Waals surface area contributed by atoms with Crippen LogP contribution in [0.3, 0.4) is 0 Å². The van der Waals surface area contributed by atoms with Crippen molar-refractivity contribution in [2.75, 3.05) is 19.8 Å². The number of aliphatic hydroxyl groups excluding tert-OH is 2. The molecule has 2 aliphatic carbocycles. The molecule has 2 amide bonds. The fourth-order valence-corrected chi connectivity index (χ4v) is 11.4. The number of nitrogens with one attached hydrogen (secondary N) is 1. The molecule has 1 heterocycles. The Bertz CT molecular complexity index is 2560. The Morgan fingerprint density at radius 1 is 0.868 bits per heavy atom. The SMILES string of the molecule is C=CCO[C@@]12Oc3ccc(OC(=O)NCc4ccccc4)cc3[C@H]3[C@H](CCCCO)[C@@H](CCCCO)C=C(C(=NOCc4ccc([N+](=O)[O-])cc4)C[C@@H]1N(Cc1ccc(F)cc1)C(=O)CCCCCCCCCCC)[C@H]32. The number of fused-ring (bicyclic) bond motifs is 2. The summed E-state index contributed by atoms with van der Waals surface area (Å²) in [7, 11) is 0. The van der Waals surface area contributed by atoms with E-state index in [9.17, 15) is 29.5 Å². The van der Waals surface area contributed by atoms with E-state index in [1.165, 1.54) is 56.4 Å². The molecule has 0 saturated heterocycles. The molecule has 0 unspecified atom stereocenters. The van der Waals surface area contributed by atoms with Gasteiger partial charge in [0, 0.05) is 62.8 Å². The minimum Gasteiger partial charge on any atom is -0.459 e. The number of rotatable bonds is 31. The molecule has 3 N–H and O–H groups in total. The first kappa shape index (κ1) is 57.3. The fourth-order valence-electron chi connectivity index (χ4n) is 11.4. The largest absolute Gasteiger partial charge is 0.459 e. The third-order valence-corrected chi connectivity index (χ3v) is 15.1. The normalized spacial score (nSPS) is 20.9. The molecule has 3 aliphatic rings. The Morgan fingerprint density at radius 2 is 1.55 bits per heavy atom. The highest BCUT2D eigenvalue weighted by molar-refractivity contribution is 6.03. The van der Waals surface area contributed by atoms with E-state index >= 15 is 4.79 Å². The van der Waals surface area contributed by atoms with Gasteiger partial charge in [0.15, 0.2) is 0 Å². The highest BCUT2D eigenvalue weighted by Crippen LogP contribution is 2.62. The highest BCUT2D eigenvalue weighted by Gasteiger charge is 2.65. The van der Waals surface area contributed by atoms with Gasteiger partial charge < -0.3 is 39.5 Å². The van der Waals surface area contributed by atoms with Crippen LogP contribution in [0.15, 0.2) is 127 Å². The van der Waals surface area contributed by atoms with E-state index in [1.54, 1.807) is 42.5 Å². The summed E-state index contributed by atoms with van der Waals surface area (Å²) in [5, 5.41) is 39.4. The Kier molecular flexibility index (Phi) is 22.0. The second-order valence-corrected chi connectivity index (χ2v) is 20.4. The van der Waals surface area contributed by atoms with Crippen LogP contribution >= 0.6 is 0 Å². The number of unbranched alkanes of at least 4 members (excludes halogenated alkanes) is 10. The van der Waals surface area contributed by atoms with Gasteiger partial charge in [-0.25, -0.2) is 9.18 Å². The number of hydrogen-bond acceptors (Lipinski definition) is 11. The number of halogens is 1. The van der Waals surface area contributed by atoms with E-state index in [1.807, 2.05) is 41.3 Å². The van der Waals surface area contributed by atoms with Gasteiger partial charge >= 0.3 is 6.09 Å². The fraction of sp³-hybridized carbons (Fsp3) is 0.492. The zero-order valence-corrected chi connectivity index (χ0v) is 44.1. The Hall–Kier alpha value is -6.42. The number of benzene rings is 4. The molecule has 6 atom stereocenters. The van der Waals surface area contributed by atoms with Gasteiger partial charge in [-0.15, -0.1) is 6.58 Å². The molecule has 1 saturated carbocycles. The minimum absolute atomic E-state index is 0.00144. The summed E-state index contributed by atoms with van der Waals surface area (Å²) >= 11 is 0. The van der Waals surface area contributed by atoms with E-state index in [0.29, 0.717) is 60.4 Å². The van der Waals surface area contributed by atoms with Gasteiger partial charge in [-0.05, 0) is 109 Å². The summed E-state index contributed by atoms with van der Waals surface area (Å²) in [5.41, 5.74) is 4.40. The number of nitro benzene ring substituents is 1. The first-order valence-corrected chi connectivity index (χ1v) is 27.6.